The first-order chi connectivity index (χ1) is 8.88. The molecule has 1 rings (SSSR count). The van der Waals surface area contributed by atoms with Crippen LogP contribution in [0.1, 0.15) is 54.4 Å². The molecule has 0 aromatic rings. The average molecular weight is 272 g/mol. The third-order valence-electron chi connectivity index (χ3n) is 3.23. The lowest BCUT2D eigenvalue weighted by Gasteiger charge is -2.37. The molecule has 0 aromatic heterocycles. The molecule has 3 heteroatoms. The van der Waals surface area contributed by atoms with Gasteiger partial charge in [-0.05, 0) is 53.9 Å². The molecule has 116 valence electrons. The molecule has 0 atom stereocenters. The van der Waals surface area contributed by atoms with Crippen molar-refractivity contribution in [1.29, 1.82) is 0 Å². The molecule has 19 heavy (non-hydrogen) atoms. The minimum Gasteiger partial charge on any atom is -0.306 e. The molecule has 0 amide bonds. The van der Waals surface area contributed by atoms with E-state index in [1.165, 1.54) is 25.9 Å². The standard InChI is InChI=1S/C10H22N2.C4H8O.C2H6/c1-9(2)12-7-5-10(6-8-12)11(3)4;1-4(2)3-5;1-2/h9-10H,5-8H2,1-4H3;3-4H,1-2H3;1-2H3. The molecule has 1 saturated heterocycles. The van der Waals surface area contributed by atoms with E-state index in [9.17, 15) is 4.79 Å². The third-order valence-corrected chi connectivity index (χ3v) is 3.23. The number of hydrogen-bond acceptors (Lipinski definition) is 3. The summed E-state index contributed by atoms with van der Waals surface area (Å²) < 4.78 is 0. The van der Waals surface area contributed by atoms with Gasteiger partial charge in [0.05, 0.1) is 0 Å². The van der Waals surface area contributed by atoms with E-state index >= 15 is 0 Å². The van der Waals surface area contributed by atoms with Gasteiger partial charge in [0, 0.05) is 18.0 Å². The van der Waals surface area contributed by atoms with Gasteiger partial charge in [-0.15, -0.1) is 0 Å². The molecular formula is C16H36N2O. The van der Waals surface area contributed by atoms with Gasteiger partial charge in [-0.2, -0.15) is 0 Å². The topological polar surface area (TPSA) is 23.6 Å². The van der Waals surface area contributed by atoms with Crippen LogP contribution >= 0.6 is 0 Å². The second-order valence-electron chi connectivity index (χ2n) is 5.70. The second kappa shape index (κ2) is 12.6. The van der Waals surface area contributed by atoms with Crippen molar-refractivity contribution in [2.45, 2.75) is 66.5 Å². The maximum absolute atomic E-state index is 9.50. The molecule has 0 aromatic carbocycles. The van der Waals surface area contributed by atoms with Crippen LogP contribution in [0, 0.1) is 5.92 Å². The van der Waals surface area contributed by atoms with E-state index in [2.05, 4.69) is 37.7 Å². The van der Waals surface area contributed by atoms with Crippen molar-refractivity contribution in [1.82, 2.24) is 9.80 Å². The van der Waals surface area contributed by atoms with Gasteiger partial charge >= 0.3 is 0 Å². The van der Waals surface area contributed by atoms with E-state index in [-0.39, 0.29) is 5.92 Å². The predicted molar refractivity (Wildman–Crippen MR) is 85.7 cm³/mol. The van der Waals surface area contributed by atoms with E-state index < -0.39 is 0 Å². The zero-order chi connectivity index (χ0) is 15.4. The summed E-state index contributed by atoms with van der Waals surface area (Å²) >= 11 is 0. The molecule has 1 aliphatic heterocycles. The van der Waals surface area contributed by atoms with Crippen molar-refractivity contribution >= 4 is 6.29 Å². The summed E-state index contributed by atoms with van der Waals surface area (Å²) in [5, 5.41) is 0. The van der Waals surface area contributed by atoms with Gasteiger partial charge < -0.3 is 14.6 Å². The van der Waals surface area contributed by atoms with Crippen LogP contribution in [0.5, 0.6) is 0 Å². The Morgan fingerprint density at radius 3 is 1.63 bits per heavy atom. The predicted octanol–water partition coefficient (Wildman–Crippen LogP) is 3.29. The van der Waals surface area contributed by atoms with Gasteiger partial charge in [-0.25, -0.2) is 0 Å². The SMILES string of the molecule is CC.CC(C)C=O.CC(C)N1CCC(N(C)C)CC1. The Balaban J connectivity index is 0. The lowest BCUT2D eigenvalue weighted by molar-refractivity contribution is -0.110. The lowest BCUT2D eigenvalue weighted by atomic mass is 10.0. The van der Waals surface area contributed by atoms with Crippen molar-refractivity contribution in [3.05, 3.63) is 0 Å². The smallest absolute Gasteiger partial charge is 0.122 e. The van der Waals surface area contributed by atoms with E-state index in [1.807, 2.05) is 27.7 Å². The van der Waals surface area contributed by atoms with Gasteiger partial charge in [-0.1, -0.05) is 27.7 Å². The number of aldehydes is 1. The maximum atomic E-state index is 9.50. The van der Waals surface area contributed by atoms with Crippen LogP contribution in [0.4, 0.5) is 0 Å². The number of carbonyl (C=O) groups excluding carboxylic acids is 1. The average Bonchev–Trinajstić information content (AvgIpc) is 2.41. The molecule has 1 aliphatic rings. The van der Waals surface area contributed by atoms with E-state index in [0.29, 0.717) is 0 Å². The highest BCUT2D eigenvalue weighted by Crippen LogP contribution is 2.15. The van der Waals surface area contributed by atoms with Crippen molar-refractivity contribution in [3.8, 4) is 0 Å². The lowest BCUT2D eigenvalue weighted by Crippen LogP contribution is -2.44. The molecule has 0 unspecified atom stereocenters. The van der Waals surface area contributed by atoms with Crippen LogP contribution in [0.15, 0.2) is 0 Å². The number of rotatable bonds is 3. The fraction of sp³-hybridized carbons (Fsp3) is 0.938. The first-order valence-corrected chi connectivity index (χ1v) is 7.74. The number of likely N-dealkylation sites (tertiary alicyclic amines) is 1. The highest BCUT2D eigenvalue weighted by Gasteiger charge is 2.21. The largest absolute Gasteiger partial charge is 0.306 e. The molecule has 0 bridgehead atoms. The first-order valence-electron chi connectivity index (χ1n) is 7.74. The van der Waals surface area contributed by atoms with Crippen LogP contribution in [0.25, 0.3) is 0 Å². The number of carbonyl (C=O) groups is 1. The van der Waals surface area contributed by atoms with Gasteiger partial charge in [-0.3, -0.25) is 0 Å². The summed E-state index contributed by atoms with van der Waals surface area (Å²) in [4.78, 5) is 14.4. The molecule has 1 heterocycles. The summed E-state index contributed by atoms with van der Waals surface area (Å²) in [5.74, 6) is 0.204. The van der Waals surface area contributed by atoms with Crippen LogP contribution in [0.2, 0.25) is 0 Å². The zero-order valence-electron chi connectivity index (χ0n) is 14.4. The Morgan fingerprint density at radius 1 is 1.05 bits per heavy atom. The summed E-state index contributed by atoms with van der Waals surface area (Å²) in [5.41, 5.74) is 0. The number of hydrogen-bond donors (Lipinski definition) is 0. The van der Waals surface area contributed by atoms with Gasteiger partial charge in [0.25, 0.3) is 0 Å². The first kappa shape index (κ1) is 20.9. The summed E-state index contributed by atoms with van der Waals surface area (Å²) in [6.07, 6.45) is 3.59. The molecule has 1 fully saturated rings. The Morgan fingerprint density at radius 2 is 1.42 bits per heavy atom. The summed E-state index contributed by atoms with van der Waals surface area (Å²) in [6.45, 7) is 14.8. The van der Waals surface area contributed by atoms with E-state index in [1.54, 1.807) is 0 Å². The molecule has 3 nitrogen and oxygen atoms in total. The Kier molecular flexibility index (Phi) is 13.9. The second-order valence-corrected chi connectivity index (χ2v) is 5.70. The molecule has 0 N–H and O–H groups in total. The fourth-order valence-electron chi connectivity index (χ4n) is 1.92. The number of piperidine rings is 1. The molecule has 0 radical (unpaired) electrons. The van der Waals surface area contributed by atoms with Crippen molar-refractivity contribution in [2.75, 3.05) is 27.2 Å². The molecular weight excluding hydrogens is 236 g/mol. The van der Waals surface area contributed by atoms with Crippen LogP contribution in [0.3, 0.4) is 0 Å². The normalized spacial score (nSPS) is 16.8. The highest BCUT2D eigenvalue weighted by atomic mass is 16.1. The minimum atomic E-state index is 0.204. The van der Waals surface area contributed by atoms with Gasteiger partial charge in [0.1, 0.15) is 6.29 Å². The zero-order valence-corrected chi connectivity index (χ0v) is 14.4. The Bertz CT molecular complexity index is 179. The van der Waals surface area contributed by atoms with Crippen LogP contribution in [-0.4, -0.2) is 55.4 Å². The molecule has 0 spiro atoms. The Hall–Kier alpha value is -0.410. The number of nitrogens with zero attached hydrogens (tertiary/aromatic N) is 2. The molecule has 0 saturated carbocycles. The molecule has 0 aliphatic carbocycles. The monoisotopic (exact) mass is 272 g/mol. The van der Waals surface area contributed by atoms with Gasteiger partial charge in [0.15, 0.2) is 0 Å². The van der Waals surface area contributed by atoms with Crippen molar-refractivity contribution < 1.29 is 4.79 Å². The van der Waals surface area contributed by atoms with Crippen molar-refractivity contribution in [2.24, 2.45) is 5.92 Å². The Labute approximate surface area is 121 Å². The maximum Gasteiger partial charge on any atom is 0.122 e. The fourth-order valence-corrected chi connectivity index (χ4v) is 1.92. The van der Waals surface area contributed by atoms with Crippen molar-refractivity contribution in [3.63, 3.8) is 0 Å². The van der Waals surface area contributed by atoms with Crippen LogP contribution < -0.4 is 0 Å². The van der Waals surface area contributed by atoms with Crippen LogP contribution in [-0.2, 0) is 4.79 Å². The van der Waals surface area contributed by atoms with E-state index in [4.69, 9.17) is 0 Å². The third kappa shape index (κ3) is 11.1. The van der Waals surface area contributed by atoms with E-state index in [0.717, 1.165) is 18.4 Å². The highest BCUT2D eigenvalue weighted by molar-refractivity contribution is 5.51. The quantitative estimate of drug-likeness (QED) is 0.737. The minimum absolute atomic E-state index is 0.204. The summed E-state index contributed by atoms with van der Waals surface area (Å²) in [6, 6.07) is 1.55. The summed E-state index contributed by atoms with van der Waals surface area (Å²) in [7, 11) is 4.38. The van der Waals surface area contributed by atoms with Gasteiger partial charge in [0.2, 0.25) is 0 Å².